The zero-order valence-corrected chi connectivity index (χ0v) is 17.1. The Hall–Kier alpha value is -4.19. The van der Waals surface area contributed by atoms with Gasteiger partial charge in [0.15, 0.2) is 0 Å². The fraction of sp³-hybridized carbons (Fsp3) is 0.0800. The quantitative estimate of drug-likeness (QED) is 0.528. The van der Waals surface area contributed by atoms with Crippen LogP contribution in [0.2, 0.25) is 0 Å². The van der Waals surface area contributed by atoms with Crippen molar-refractivity contribution in [2.24, 2.45) is 5.10 Å². The molecular formula is C25H20N4O2. The molecule has 0 bridgehead atoms. The molecule has 0 atom stereocenters. The summed E-state index contributed by atoms with van der Waals surface area (Å²) in [5.41, 5.74) is 11.9. The molecular weight excluding hydrogens is 388 g/mol. The third-order valence-corrected chi connectivity index (χ3v) is 5.75. The van der Waals surface area contributed by atoms with Crippen molar-refractivity contribution in [3.63, 3.8) is 0 Å². The maximum atomic E-state index is 13.3. The van der Waals surface area contributed by atoms with Crippen molar-refractivity contribution in [2.75, 3.05) is 5.43 Å². The number of aromatic nitrogens is 1. The minimum atomic E-state index is -0.279. The first kappa shape index (κ1) is 18.8. The van der Waals surface area contributed by atoms with E-state index in [1.54, 1.807) is 17.0 Å². The van der Waals surface area contributed by atoms with Crippen LogP contribution in [0.3, 0.4) is 0 Å². The molecule has 5 rings (SSSR count). The van der Waals surface area contributed by atoms with Gasteiger partial charge in [0.25, 0.3) is 11.8 Å². The van der Waals surface area contributed by atoms with Crippen LogP contribution in [0.5, 0.6) is 0 Å². The van der Waals surface area contributed by atoms with Crippen LogP contribution in [0.25, 0.3) is 22.2 Å². The summed E-state index contributed by atoms with van der Waals surface area (Å²) in [5, 5.41) is 4.85. The summed E-state index contributed by atoms with van der Waals surface area (Å²) in [4.78, 5) is 25.9. The molecule has 1 aliphatic heterocycles. The van der Waals surface area contributed by atoms with Crippen LogP contribution in [-0.4, -0.2) is 22.7 Å². The van der Waals surface area contributed by atoms with E-state index < -0.39 is 0 Å². The molecule has 152 valence electrons. The van der Waals surface area contributed by atoms with E-state index in [9.17, 15) is 9.59 Å². The molecule has 2 amide bonds. The number of rotatable bonds is 3. The van der Waals surface area contributed by atoms with Gasteiger partial charge in [-0.3, -0.25) is 19.7 Å². The van der Waals surface area contributed by atoms with Gasteiger partial charge in [0.2, 0.25) is 0 Å². The number of amides is 2. The highest BCUT2D eigenvalue weighted by Gasteiger charge is 2.25. The van der Waals surface area contributed by atoms with Gasteiger partial charge < -0.3 is 0 Å². The standard InChI is InChI=1S/C25H20N4O2/c1-15-8-6-11-18(16(15)2)25(31)28-29-21-13-7-12-19-22(21)20(14-26-27-24(19)30)23(29)17-9-4-3-5-10-17/h3-14H,1-2H3,(H,27,30)(H,28,31). The highest BCUT2D eigenvalue weighted by atomic mass is 16.2. The second-order valence-electron chi connectivity index (χ2n) is 7.55. The first-order valence-corrected chi connectivity index (χ1v) is 10.00. The average molecular weight is 408 g/mol. The van der Waals surface area contributed by atoms with Crippen molar-refractivity contribution in [3.8, 4) is 11.3 Å². The third kappa shape index (κ3) is 3.00. The Bertz CT molecular complexity index is 1380. The van der Waals surface area contributed by atoms with Crippen molar-refractivity contribution >= 4 is 28.9 Å². The van der Waals surface area contributed by atoms with Gasteiger partial charge in [0.1, 0.15) is 0 Å². The average Bonchev–Trinajstić information content (AvgIpc) is 2.98. The van der Waals surface area contributed by atoms with E-state index in [1.165, 1.54) is 0 Å². The van der Waals surface area contributed by atoms with Crippen molar-refractivity contribution < 1.29 is 9.59 Å². The number of aryl methyl sites for hydroxylation is 1. The van der Waals surface area contributed by atoms with E-state index in [0.29, 0.717) is 11.1 Å². The Morgan fingerprint density at radius 3 is 2.55 bits per heavy atom. The van der Waals surface area contributed by atoms with Crippen molar-refractivity contribution in [2.45, 2.75) is 13.8 Å². The van der Waals surface area contributed by atoms with Gasteiger partial charge in [-0.2, -0.15) is 5.10 Å². The van der Waals surface area contributed by atoms with Gasteiger partial charge in [-0.25, -0.2) is 5.43 Å². The summed E-state index contributed by atoms with van der Waals surface area (Å²) in [6, 6.07) is 20.9. The molecule has 0 unspecified atom stereocenters. The summed E-state index contributed by atoms with van der Waals surface area (Å²) < 4.78 is 1.76. The highest BCUT2D eigenvalue weighted by Crippen LogP contribution is 2.35. The van der Waals surface area contributed by atoms with Gasteiger partial charge in [-0.05, 0) is 43.2 Å². The maximum Gasteiger partial charge on any atom is 0.272 e. The number of carbonyl (C=O) groups is 2. The fourth-order valence-corrected chi connectivity index (χ4v) is 4.06. The lowest BCUT2D eigenvalue weighted by Crippen LogP contribution is -2.25. The molecule has 0 aliphatic carbocycles. The Kier molecular flexibility index (Phi) is 4.40. The van der Waals surface area contributed by atoms with Crippen LogP contribution >= 0.6 is 0 Å². The lowest BCUT2D eigenvalue weighted by Gasteiger charge is -2.15. The summed E-state index contributed by atoms with van der Waals surface area (Å²) in [7, 11) is 0. The van der Waals surface area contributed by atoms with Crippen LogP contribution in [-0.2, 0) is 0 Å². The van der Waals surface area contributed by atoms with E-state index in [0.717, 1.165) is 38.9 Å². The minimum absolute atomic E-state index is 0.217. The van der Waals surface area contributed by atoms with Gasteiger partial charge >= 0.3 is 0 Å². The zero-order chi connectivity index (χ0) is 21.5. The van der Waals surface area contributed by atoms with Crippen molar-refractivity contribution in [1.29, 1.82) is 0 Å². The monoisotopic (exact) mass is 408 g/mol. The molecule has 1 aromatic heterocycles. The number of carbonyl (C=O) groups excluding carboxylic acids is 2. The maximum absolute atomic E-state index is 13.3. The van der Waals surface area contributed by atoms with Gasteiger partial charge in [-0.15, -0.1) is 0 Å². The van der Waals surface area contributed by atoms with Crippen LogP contribution < -0.4 is 10.9 Å². The van der Waals surface area contributed by atoms with Crippen LogP contribution in [0.1, 0.15) is 37.4 Å². The molecule has 2 heterocycles. The second kappa shape index (κ2) is 7.25. The van der Waals surface area contributed by atoms with Crippen LogP contribution in [0.15, 0.2) is 71.8 Å². The Morgan fingerprint density at radius 2 is 1.74 bits per heavy atom. The van der Waals surface area contributed by atoms with Crippen LogP contribution in [0, 0.1) is 13.8 Å². The summed E-state index contributed by atoms with van der Waals surface area (Å²) in [6.07, 6.45) is 1.64. The number of nitrogens with zero attached hydrogens (tertiary/aromatic N) is 2. The molecule has 0 radical (unpaired) electrons. The normalized spacial score (nSPS) is 12.5. The summed E-state index contributed by atoms with van der Waals surface area (Å²) in [6.45, 7) is 3.92. The summed E-state index contributed by atoms with van der Waals surface area (Å²) in [5.74, 6) is -0.496. The largest absolute Gasteiger partial charge is 0.272 e. The molecule has 6 heteroatoms. The first-order valence-electron chi connectivity index (χ1n) is 10.00. The van der Waals surface area contributed by atoms with Gasteiger partial charge in [0.05, 0.1) is 23.0 Å². The third-order valence-electron chi connectivity index (χ3n) is 5.75. The van der Waals surface area contributed by atoms with E-state index in [2.05, 4.69) is 16.0 Å². The molecule has 0 fully saturated rings. The first-order chi connectivity index (χ1) is 15.1. The summed E-state index contributed by atoms with van der Waals surface area (Å²) >= 11 is 0. The molecule has 2 N–H and O–H groups in total. The fourth-order valence-electron chi connectivity index (χ4n) is 4.06. The number of nitrogens with one attached hydrogen (secondary N) is 2. The predicted molar refractivity (Wildman–Crippen MR) is 122 cm³/mol. The molecule has 3 aromatic carbocycles. The molecule has 31 heavy (non-hydrogen) atoms. The zero-order valence-electron chi connectivity index (χ0n) is 17.1. The Morgan fingerprint density at radius 1 is 0.968 bits per heavy atom. The van der Waals surface area contributed by atoms with E-state index in [4.69, 9.17) is 0 Å². The Labute approximate surface area is 179 Å². The van der Waals surface area contributed by atoms with Gasteiger partial charge in [-0.1, -0.05) is 48.5 Å². The topological polar surface area (TPSA) is 75.5 Å². The number of hydrogen-bond donors (Lipinski definition) is 2. The smallest absolute Gasteiger partial charge is 0.267 e. The molecule has 4 aromatic rings. The van der Waals surface area contributed by atoms with E-state index in [-0.39, 0.29) is 11.8 Å². The predicted octanol–water partition coefficient (Wildman–Crippen LogP) is 4.39. The second-order valence-corrected chi connectivity index (χ2v) is 7.55. The van der Waals surface area contributed by atoms with Gasteiger partial charge in [0, 0.05) is 22.1 Å². The molecule has 1 aliphatic rings. The SMILES string of the molecule is Cc1cccc(C(=O)Nn2c(-c3ccccc3)c3c4c(cccc42)C(=O)NN=C3)c1C. The lowest BCUT2D eigenvalue weighted by molar-refractivity contribution is 0.0956. The molecule has 0 spiro atoms. The number of hydrazone groups is 1. The molecule has 6 nitrogen and oxygen atoms in total. The minimum Gasteiger partial charge on any atom is -0.267 e. The van der Waals surface area contributed by atoms with Crippen molar-refractivity contribution in [3.05, 3.63) is 94.5 Å². The van der Waals surface area contributed by atoms with Crippen molar-refractivity contribution in [1.82, 2.24) is 10.1 Å². The number of hydrogen-bond acceptors (Lipinski definition) is 3. The molecule has 0 saturated heterocycles. The molecule has 0 saturated carbocycles. The number of benzene rings is 3. The Balaban J connectivity index is 1.77. The van der Waals surface area contributed by atoms with E-state index in [1.807, 2.05) is 74.5 Å². The van der Waals surface area contributed by atoms with Crippen LogP contribution in [0.4, 0.5) is 0 Å². The highest BCUT2D eigenvalue weighted by molar-refractivity contribution is 6.18. The lowest BCUT2D eigenvalue weighted by atomic mass is 10.0. The van der Waals surface area contributed by atoms with E-state index >= 15 is 0 Å².